The van der Waals surface area contributed by atoms with Gasteiger partial charge in [-0.15, -0.1) is 5.10 Å². The first-order valence-corrected chi connectivity index (χ1v) is 11.0. The zero-order chi connectivity index (χ0) is 21.8. The second-order valence-electron chi connectivity index (χ2n) is 6.97. The van der Waals surface area contributed by atoms with Crippen molar-refractivity contribution in [3.63, 3.8) is 0 Å². The summed E-state index contributed by atoms with van der Waals surface area (Å²) in [7, 11) is 0. The Morgan fingerprint density at radius 3 is 2.71 bits per heavy atom. The Balaban J connectivity index is 1.52. The Hall–Kier alpha value is -3.39. The van der Waals surface area contributed by atoms with E-state index in [4.69, 9.17) is 4.74 Å². The monoisotopic (exact) mass is 433 g/mol. The van der Waals surface area contributed by atoms with Crippen LogP contribution in [0.4, 0.5) is 5.69 Å². The van der Waals surface area contributed by atoms with Gasteiger partial charge in [-0.3, -0.25) is 4.79 Å². The van der Waals surface area contributed by atoms with Crippen LogP contribution in [0.5, 0.6) is 5.75 Å². The number of anilines is 1. The molecule has 2 aromatic heterocycles. The van der Waals surface area contributed by atoms with Crippen molar-refractivity contribution < 1.29 is 9.53 Å². The minimum absolute atomic E-state index is 0.181. The quantitative estimate of drug-likeness (QED) is 0.426. The number of rotatable bonds is 7. The molecule has 8 heteroatoms. The van der Waals surface area contributed by atoms with E-state index >= 15 is 0 Å². The van der Waals surface area contributed by atoms with Gasteiger partial charge in [0.05, 0.1) is 12.3 Å². The van der Waals surface area contributed by atoms with Crippen molar-refractivity contribution in [2.45, 2.75) is 31.7 Å². The van der Waals surface area contributed by atoms with E-state index in [1.165, 1.54) is 11.8 Å². The number of thioether (sulfide) groups is 1. The zero-order valence-corrected chi connectivity index (χ0v) is 18.4. The van der Waals surface area contributed by atoms with Crippen LogP contribution in [0, 0.1) is 13.8 Å². The van der Waals surface area contributed by atoms with Crippen LogP contribution >= 0.6 is 11.8 Å². The molecule has 1 amide bonds. The number of amides is 1. The number of carbonyl (C=O) groups excluding carboxylic acids is 1. The van der Waals surface area contributed by atoms with Gasteiger partial charge in [0.1, 0.15) is 5.75 Å². The standard InChI is InChI=1S/C23H23N5O2S/c1-4-30-20-12-8-7-11-19(20)25-21(29)18-10-6-5-9-17(18)14-31-23-26-22-24-15(2)13-16(3)28(22)27-23/h5-13H,4,14H2,1-3H3,(H,25,29). The Kier molecular flexibility index (Phi) is 6.18. The molecule has 4 rings (SSSR count). The molecule has 0 atom stereocenters. The number of aryl methyl sites for hydroxylation is 2. The molecule has 0 aliphatic carbocycles. The fourth-order valence-electron chi connectivity index (χ4n) is 3.26. The topological polar surface area (TPSA) is 81.4 Å². The average molecular weight is 434 g/mol. The molecule has 1 N–H and O–H groups in total. The van der Waals surface area contributed by atoms with Crippen LogP contribution in [-0.4, -0.2) is 32.1 Å². The molecule has 0 saturated carbocycles. The van der Waals surface area contributed by atoms with Crippen LogP contribution in [0.2, 0.25) is 0 Å². The maximum atomic E-state index is 13.0. The molecule has 0 aliphatic rings. The van der Waals surface area contributed by atoms with E-state index < -0.39 is 0 Å². The molecule has 31 heavy (non-hydrogen) atoms. The molecule has 0 fully saturated rings. The molecular formula is C23H23N5O2S. The third-order valence-corrected chi connectivity index (χ3v) is 5.54. The molecular weight excluding hydrogens is 410 g/mol. The van der Waals surface area contributed by atoms with Crippen molar-refractivity contribution in [2.24, 2.45) is 0 Å². The summed E-state index contributed by atoms with van der Waals surface area (Å²) in [6.07, 6.45) is 0. The Morgan fingerprint density at radius 1 is 1.10 bits per heavy atom. The lowest BCUT2D eigenvalue weighted by atomic mass is 10.1. The van der Waals surface area contributed by atoms with E-state index in [2.05, 4.69) is 20.4 Å². The van der Waals surface area contributed by atoms with Gasteiger partial charge in [-0.25, -0.2) is 9.50 Å². The summed E-state index contributed by atoms with van der Waals surface area (Å²) in [4.78, 5) is 21.9. The smallest absolute Gasteiger partial charge is 0.256 e. The van der Waals surface area contributed by atoms with E-state index in [0.29, 0.717) is 40.3 Å². The summed E-state index contributed by atoms with van der Waals surface area (Å²) in [5.41, 5.74) is 4.04. The second-order valence-corrected chi connectivity index (χ2v) is 7.92. The Labute approximate surface area is 184 Å². The second kappa shape index (κ2) is 9.18. The Bertz CT molecular complexity index is 1240. The lowest BCUT2D eigenvalue weighted by molar-refractivity contribution is 0.102. The van der Waals surface area contributed by atoms with Gasteiger partial charge in [0.2, 0.25) is 5.16 Å². The summed E-state index contributed by atoms with van der Waals surface area (Å²) < 4.78 is 7.35. The number of hydrogen-bond donors (Lipinski definition) is 1. The number of aromatic nitrogens is 4. The summed E-state index contributed by atoms with van der Waals surface area (Å²) in [6, 6.07) is 16.9. The lowest BCUT2D eigenvalue weighted by Crippen LogP contribution is -2.15. The van der Waals surface area contributed by atoms with Gasteiger partial charge in [-0.05, 0) is 50.6 Å². The third-order valence-electron chi connectivity index (χ3n) is 4.65. The molecule has 158 valence electrons. The van der Waals surface area contributed by atoms with Crippen LogP contribution in [0.15, 0.2) is 59.8 Å². The van der Waals surface area contributed by atoms with Crippen LogP contribution < -0.4 is 10.1 Å². The minimum Gasteiger partial charge on any atom is -0.492 e. The van der Waals surface area contributed by atoms with Gasteiger partial charge < -0.3 is 10.1 Å². The number of hydrogen-bond acceptors (Lipinski definition) is 6. The van der Waals surface area contributed by atoms with E-state index in [1.54, 1.807) is 4.52 Å². The largest absolute Gasteiger partial charge is 0.492 e. The molecule has 0 spiro atoms. The van der Waals surface area contributed by atoms with Crippen LogP contribution in [0.3, 0.4) is 0 Å². The van der Waals surface area contributed by atoms with Crippen molar-refractivity contribution in [1.29, 1.82) is 0 Å². The molecule has 0 bridgehead atoms. The van der Waals surface area contributed by atoms with Crippen LogP contribution in [0.1, 0.15) is 34.2 Å². The predicted octanol–water partition coefficient (Wildman–Crippen LogP) is 4.68. The fourth-order valence-corrected chi connectivity index (χ4v) is 4.08. The highest BCUT2D eigenvalue weighted by atomic mass is 32.2. The van der Waals surface area contributed by atoms with E-state index in [0.717, 1.165) is 17.0 Å². The normalized spacial score (nSPS) is 10.9. The average Bonchev–Trinajstić information content (AvgIpc) is 3.17. The minimum atomic E-state index is -0.181. The molecule has 0 radical (unpaired) electrons. The molecule has 7 nitrogen and oxygen atoms in total. The number of carbonyl (C=O) groups is 1. The highest BCUT2D eigenvalue weighted by Gasteiger charge is 2.15. The summed E-state index contributed by atoms with van der Waals surface area (Å²) in [5.74, 6) is 1.61. The number of ether oxygens (including phenoxy) is 1. The number of nitrogens with one attached hydrogen (secondary N) is 1. The van der Waals surface area contributed by atoms with Crippen LogP contribution in [-0.2, 0) is 5.75 Å². The molecule has 0 aliphatic heterocycles. The fraction of sp³-hybridized carbons (Fsp3) is 0.217. The summed E-state index contributed by atoms with van der Waals surface area (Å²) >= 11 is 1.48. The van der Waals surface area contributed by atoms with Crippen molar-refractivity contribution in [3.05, 3.63) is 77.1 Å². The molecule has 2 aromatic carbocycles. The number of nitrogens with zero attached hydrogens (tertiary/aromatic N) is 4. The highest BCUT2D eigenvalue weighted by Crippen LogP contribution is 2.26. The number of fused-ring (bicyclic) bond motifs is 1. The van der Waals surface area contributed by atoms with Crippen molar-refractivity contribution in [3.8, 4) is 5.75 Å². The van der Waals surface area contributed by atoms with Crippen LogP contribution in [0.25, 0.3) is 5.78 Å². The van der Waals surface area contributed by atoms with E-state index in [9.17, 15) is 4.79 Å². The van der Waals surface area contributed by atoms with Gasteiger partial charge in [0.15, 0.2) is 0 Å². The maximum Gasteiger partial charge on any atom is 0.256 e. The van der Waals surface area contributed by atoms with E-state index in [1.807, 2.05) is 75.4 Å². The first-order valence-electron chi connectivity index (χ1n) is 10.00. The summed E-state index contributed by atoms with van der Waals surface area (Å²) in [5, 5.41) is 8.12. The first-order chi connectivity index (χ1) is 15.0. The van der Waals surface area contributed by atoms with Gasteiger partial charge in [-0.2, -0.15) is 4.98 Å². The van der Waals surface area contributed by atoms with Gasteiger partial charge in [-0.1, -0.05) is 42.1 Å². The number of benzene rings is 2. The third kappa shape index (κ3) is 4.69. The van der Waals surface area contributed by atoms with Crippen molar-refractivity contribution >= 4 is 29.1 Å². The molecule has 0 saturated heterocycles. The van der Waals surface area contributed by atoms with Gasteiger partial charge in [0.25, 0.3) is 11.7 Å². The molecule has 2 heterocycles. The summed E-state index contributed by atoms with van der Waals surface area (Å²) in [6.45, 7) is 6.36. The molecule has 4 aromatic rings. The van der Waals surface area contributed by atoms with Gasteiger partial charge in [0, 0.05) is 22.7 Å². The molecule has 0 unspecified atom stereocenters. The lowest BCUT2D eigenvalue weighted by Gasteiger charge is -2.13. The zero-order valence-electron chi connectivity index (χ0n) is 17.6. The maximum absolute atomic E-state index is 13.0. The van der Waals surface area contributed by atoms with Gasteiger partial charge >= 0.3 is 0 Å². The van der Waals surface area contributed by atoms with Crippen molar-refractivity contribution in [2.75, 3.05) is 11.9 Å². The highest BCUT2D eigenvalue weighted by molar-refractivity contribution is 7.98. The Morgan fingerprint density at radius 2 is 1.87 bits per heavy atom. The predicted molar refractivity (Wildman–Crippen MR) is 122 cm³/mol. The number of para-hydroxylation sites is 2. The SMILES string of the molecule is CCOc1ccccc1NC(=O)c1ccccc1CSc1nc2nc(C)cc(C)n2n1. The van der Waals surface area contributed by atoms with Crippen molar-refractivity contribution in [1.82, 2.24) is 19.6 Å². The van der Waals surface area contributed by atoms with E-state index in [-0.39, 0.29) is 5.91 Å². The first kappa shape index (κ1) is 20.9.